The number of carbonyl (C=O) groups excluding carboxylic acids is 1. The van der Waals surface area contributed by atoms with Crippen LogP contribution >= 0.6 is 11.3 Å². The fourth-order valence-electron chi connectivity index (χ4n) is 2.43. The minimum Gasteiger partial charge on any atom is -0.352 e. The van der Waals surface area contributed by atoms with E-state index < -0.39 is 16.1 Å². The number of hydrogen-bond acceptors (Lipinski definition) is 4. The monoisotopic (exact) mass is 330 g/mol. The smallest absolute Gasteiger partial charge is 0.250 e. The highest BCUT2D eigenvalue weighted by Gasteiger charge is 2.25. The summed E-state index contributed by atoms with van der Waals surface area (Å²) in [5.74, 6) is -0.252. The second-order valence-corrected chi connectivity index (χ2v) is 8.52. The fraction of sp³-hybridized carbons (Fsp3) is 0.643. The van der Waals surface area contributed by atoms with E-state index in [4.69, 9.17) is 0 Å². The van der Waals surface area contributed by atoms with Crippen LogP contribution in [0.15, 0.2) is 16.3 Å². The highest BCUT2D eigenvalue weighted by molar-refractivity contribution is 7.91. The SMILES string of the molecule is CCc1ccc(S(=O)(=O)N[C@@H](C)C(=O)NC2CCCC2)s1. The molecule has 118 valence electrons. The Bertz CT molecular complexity index is 589. The van der Waals surface area contributed by atoms with Gasteiger partial charge >= 0.3 is 0 Å². The molecular formula is C14H22N2O3S2. The van der Waals surface area contributed by atoms with Gasteiger partial charge in [0.15, 0.2) is 0 Å². The van der Waals surface area contributed by atoms with Crippen LogP contribution in [0.4, 0.5) is 0 Å². The van der Waals surface area contributed by atoms with Gasteiger partial charge < -0.3 is 5.32 Å². The third-order valence-corrected chi connectivity index (χ3v) is 6.94. The van der Waals surface area contributed by atoms with Crippen LogP contribution in [-0.2, 0) is 21.2 Å². The summed E-state index contributed by atoms with van der Waals surface area (Å²) < 4.78 is 27.2. The summed E-state index contributed by atoms with van der Waals surface area (Å²) in [6.45, 7) is 3.56. The zero-order valence-electron chi connectivity index (χ0n) is 12.4. The topological polar surface area (TPSA) is 75.3 Å². The molecule has 2 rings (SSSR count). The van der Waals surface area contributed by atoms with Gasteiger partial charge in [-0.05, 0) is 38.3 Å². The van der Waals surface area contributed by atoms with Gasteiger partial charge in [0.25, 0.3) is 10.0 Å². The van der Waals surface area contributed by atoms with Crippen LogP contribution in [0, 0.1) is 0 Å². The molecule has 0 aliphatic heterocycles. The quantitative estimate of drug-likeness (QED) is 0.838. The molecule has 21 heavy (non-hydrogen) atoms. The van der Waals surface area contributed by atoms with Gasteiger partial charge in [-0.25, -0.2) is 8.42 Å². The van der Waals surface area contributed by atoms with Crippen molar-refractivity contribution in [2.75, 3.05) is 0 Å². The van der Waals surface area contributed by atoms with E-state index in [1.807, 2.05) is 13.0 Å². The molecule has 0 spiro atoms. The van der Waals surface area contributed by atoms with Gasteiger partial charge in [-0.1, -0.05) is 19.8 Å². The first kappa shape index (κ1) is 16.5. The molecule has 1 aromatic heterocycles. The summed E-state index contributed by atoms with van der Waals surface area (Å²) in [5, 5.41) is 2.91. The Morgan fingerprint density at radius 3 is 2.62 bits per heavy atom. The minimum atomic E-state index is -3.62. The molecule has 7 heteroatoms. The van der Waals surface area contributed by atoms with Gasteiger partial charge in [0.2, 0.25) is 5.91 Å². The zero-order valence-corrected chi connectivity index (χ0v) is 14.0. The fourth-order valence-corrected chi connectivity index (χ4v) is 4.95. The second kappa shape index (κ2) is 6.89. The van der Waals surface area contributed by atoms with Crippen LogP contribution in [0.2, 0.25) is 0 Å². The highest BCUT2D eigenvalue weighted by atomic mass is 32.2. The van der Waals surface area contributed by atoms with Gasteiger partial charge in [-0.3, -0.25) is 4.79 Å². The Morgan fingerprint density at radius 2 is 2.05 bits per heavy atom. The molecule has 0 bridgehead atoms. The molecule has 1 aromatic rings. The van der Waals surface area contributed by atoms with Gasteiger partial charge in [0.1, 0.15) is 4.21 Å². The molecule has 5 nitrogen and oxygen atoms in total. The van der Waals surface area contributed by atoms with Gasteiger partial charge in [-0.2, -0.15) is 4.72 Å². The van der Waals surface area contributed by atoms with Gasteiger partial charge in [-0.15, -0.1) is 11.3 Å². The summed E-state index contributed by atoms with van der Waals surface area (Å²) in [7, 11) is -3.62. The van der Waals surface area contributed by atoms with Crippen LogP contribution < -0.4 is 10.0 Å². The molecule has 0 saturated heterocycles. The second-order valence-electron chi connectivity index (χ2n) is 5.41. The molecule has 0 aromatic carbocycles. The van der Waals surface area contributed by atoms with E-state index in [1.165, 1.54) is 11.3 Å². The van der Waals surface area contributed by atoms with E-state index in [0.717, 1.165) is 37.0 Å². The lowest BCUT2D eigenvalue weighted by atomic mass is 10.2. The Hall–Kier alpha value is -0.920. The largest absolute Gasteiger partial charge is 0.352 e. The normalized spacial score (nSPS) is 17.8. The van der Waals surface area contributed by atoms with Gasteiger partial charge in [0, 0.05) is 10.9 Å². The summed E-state index contributed by atoms with van der Waals surface area (Å²) in [4.78, 5) is 13.0. The maximum Gasteiger partial charge on any atom is 0.250 e. The predicted molar refractivity (Wildman–Crippen MR) is 83.9 cm³/mol. The van der Waals surface area contributed by atoms with E-state index in [1.54, 1.807) is 13.0 Å². The van der Waals surface area contributed by atoms with Crippen LogP contribution in [0.25, 0.3) is 0 Å². The van der Waals surface area contributed by atoms with Crippen molar-refractivity contribution in [1.82, 2.24) is 10.0 Å². The van der Waals surface area contributed by atoms with Crippen molar-refractivity contribution in [3.05, 3.63) is 17.0 Å². The lowest BCUT2D eigenvalue weighted by Crippen LogP contribution is -2.47. The van der Waals surface area contributed by atoms with Crippen LogP contribution in [-0.4, -0.2) is 26.4 Å². The molecule has 1 amide bonds. The standard InChI is InChI=1S/C14H22N2O3S2/c1-3-12-8-9-13(20-12)21(18,19)16-10(2)14(17)15-11-6-4-5-7-11/h8-11,16H,3-7H2,1-2H3,(H,15,17)/t10-/m0/s1. The first-order chi connectivity index (χ1) is 9.92. The zero-order chi connectivity index (χ0) is 15.5. The van der Waals surface area contributed by atoms with Gasteiger partial charge in [0.05, 0.1) is 6.04 Å². The highest BCUT2D eigenvalue weighted by Crippen LogP contribution is 2.22. The predicted octanol–water partition coefficient (Wildman–Crippen LogP) is 2.04. The molecule has 1 atom stereocenters. The number of carbonyl (C=O) groups is 1. The first-order valence-electron chi connectivity index (χ1n) is 7.34. The van der Waals surface area contributed by atoms with Crippen molar-refractivity contribution in [3.63, 3.8) is 0 Å². The van der Waals surface area contributed by atoms with Crippen molar-refractivity contribution >= 4 is 27.3 Å². The summed E-state index contributed by atoms with van der Waals surface area (Å²) in [5.41, 5.74) is 0. The van der Waals surface area contributed by atoms with Crippen molar-refractivity contribution in [2.45, 2.75) is 62.2 Å². The third kappa shape index (κ3) is 4.28. The Kier molecular flexibility index (Phi) is 5.40. The van der Waals surface area contributed by atoms with Crippen LogP contribution in [0.1, 0.15) is 44.4 Å². The van der Waals surface area contributed by atoms with Crippen molar-refractivity contribution in [1.29, 1.82) is 0 Å². The molecule has 1 saturated carbocycles. The maximum absolute atomic E-state index is 12.2. The van der Waals surface area contributed by atoms with E-state index in [0.29, 0.717) is 0 Å². The molecule has 0 radical (unpaired) electrons. The van der Waals surface area contributed by atoms with E-state index >= 15 is 0 Å². The lowest BCUT2D eigenvalue weighted by Gasteiger charge is -2.17. The third-order valence-electron chi connectivity index (χ3n) is 3.68. The number of amides is 1. The molecular weight excluding hydrogens is 308 g/mol. The molecule has 2 N–H and O–H groups in total. The molecule has 0 unspecified atom stereocenters. The van der Waals surface area contributed by atoms with Crippen LogP contribution in [0.5, 0.6) is 0 Å². The first-order valence-corrected chi connectivity index (χ1v) is 9.63. The number of aryl methyl sites for hydroxylation is 1. The number of rotatable bonds is 6. The number of thiophene rings is 1. The Balaban J connectivity index is 1.96. The van der Waals surface area contributed by atoms with E-state index in [-0.39, 0.29) is 16.2 Å². The van der Waals surface area contributed by atoms with Crippen LogP contribution in [0.3, 0.4) is 0 Å². The molecule has 1 aliphatic carbocycles. The van der Waals surface area contributed by atoms with E-state index in [2.05, 4.69) is 10.0 Å². The minimum absolute atomic E-state index is 0.192. The number of hydrogen-bond donors (Lipinski definition) is 2. The summed E-state index contributed by atoms with van der Waals surface area (Å²) in [6.07, 6.45) is 5.02. The summed E-state index contributed by atoms with van der Waals surface area (Å²) in [6, 6.07) is 2.83. The molecule has 1 heterocycles. The van der Waals surface area contributed by atoms with Crippen molar-refractivity contribution in [3.8, 4) is 0 Å². The van der Waals surface area contributed by atoms with Crippen molar-refractivity contribution < 1.29 is 13.2 Å². The number of sulfonamides is 1. The Morgan fingerprint density at radius 1 is 1.38 bits per heavy atom. The van der Waals surface area contributed by atoms with Crippen molar-refractivity contribution in [2.24, 2.45) is 0 Å². The molecule has 1 fully saturated rings. The molecule has 1 aliphatic rings. The Labute approximate surface area is 130 Å². The number of nitrogens with one attached hydrogen (secondary N) is 2. The lowest BCUT2D eigenvalue weighted by molar-refractivity contribution is -0.123. The van der Waals surface area contributed by atoms with E-state index in [9.17, 15) is 13.2 Å². The average molecular weight is 330 g/mol. The maximum atomic E-state index is 12.2. The summed E-state index contributed by atoms with van der Waals surface area (Å²) >= 11 is 1.24. The average Bonchev–Trinajstić information content (AvgIpc) is 3.08.